The Kier molecular flexibility index (Phi) is 5.96. The molecule has 0 unspecified atom stereocenters. The standard InChI is InChI=1S/C23H18ClN5O/c24-16-17-8-10-18(11-9-17)22(30)28-19-5-3-6-20(15-19)29(21-7-1-2-12-25-21)23-26-13-4-14-27-23/h1-15H,16H2,(H,28,30). The highest BCUT2D eigenvalue weighted by Gasteiger charge is 2.16. The van der Waals surface area contributed by atoms with Crippen molar-refractivity contribution in [3.8, 4) is 0 Å². The van der Waals surface area contributed by atoms with Gasteiger partial charge in [0.25, 0.3) is 5.91 Å². The quantitative estimate of drug-likeness (QED) is 0.431. The highest BCUT2D eigenvalue weighted by Crippen LogP contribution is 2.31. The van der Waals surface area contributed by atoms with E-state index in [9.17, 15) is 4.79 Å². The minimum atomic E-state index is -0.200. The molecule has 0 saturated carbocycles. The van der Waals surface area contributed by atoms with Crippen molar-refractivity contribution >= 4 is 40.6 Å². The second-order valence-corrected chi connectivity index (χ2v) is 6.67. The topological polar surface area (TPSA) is 71.0 Å². The van der Waals surface area contributed by atoms with E-state index in [0.29, 0.717) is 28.9 Å². The first-order valence-electron chi connectivity index (χ1n) is 9.29. The molecule has 2 aromatic carbocycles. The van der Waals surface area contributed by atoms with Gasteiger partial charge >= 0.3 is 0 Å². The first-order chi connectivity index (χ1) is 14.7. The van der Waals surface area contributed by atoms with Gasteiger partial charge in [-0.25, -0.2) is 15.0 Å². The molecule has 4 rings (SSSR count). The van der Waals surface area contributed by atoms with Gasteiger partial charge in [0.1, 0.15) is 5.82 Å². The molecule has 0 saturated heterocycles. The minimum absolute atomic E-state index is 0.200. The number of nitrogens with one attached hydrogen (secondary N) is 1. The van der Waals surface area contributed by atoms with Crippen molar-refractivity contribution in [3.63, 3.8) is 0 Å². The van der Waals surface area contributed by atoms with Crippen molar-refractivity contribution in [3.05, 3.63) is 103 Å². The van der Waals surface area contributed by atoms with E-state index in [1.165, 1.54) is 0 Å². The lowest BCUT2D eigenvalue weighted by atomic mass is 10.1. The zero-order chi connectivity index (χ0) is 20.8. The van der Waals surface area contributed by atoms with Gasteiger partial charge in [0.15, 0.2) is 0 Å². The molecule has 0 spiro atoms. The number of anilines is 4. The largest absolute Gasteiger partial charge is 0.322 e. The second-order valence-electron chi connectivity index (χ2n) is 6.41. The molecule has 2 aromatic heterocycles. The summed E-state index contributed by atoms with van der Waals surface area (Å²) in [5.41, 5.74) is 2.94. The molecule has 0 bridgehead atoms. The van der Waals surface area contributed by atoms with Crippen LogP contribution in [0.25, 0.3) is 0 Å². The summed E-state index contributed by atoms with van der Waals surface area (Å²) in [6.07, 6.45) is 5.06. The smallest absolute Gasteiger partial charge is 0.255 e. The van der Waals surface area contributed by atoms with Crippen molar-refractivity contribution in [1.29, 1.82) is 0 Å². The van der Waals surface area contributed by atoms with E-state index in [2.05, 4.69) is 20.3 Å². The average Bonchev–Trinajstić information content (AvgIpc) is 2.81. The Hall–Kier alpha value is -3.77. The summed E-state index contributed by atoms with van der Waals surface area (Å²) < 4.78 is 0. The van der Waals surface area contributed by atoms with Gasteiger partial charge in [-0.2, -0.15) is 0 Å². The van der Waals surface area contributed by atoms with Crippen molar-refractivity contribution < 1.29 is 4.79 Å². The number of rotatable bonds is 6. The number of pyridine rings is 1. The number of carbonyl (C=O) groups is 1. The molecule has 0 aliphatic heterocycles. The number of benzene rings is 2. The maximum atomic E-state index is 12.6. The molecular weight excluding hydrogens is 398 g/mol. The Balaban J connectivity index is 1.64. The Labute approximate surface area is 179 Å². The van der Waals surface area contributed by atoms with Crippen LogP contribution in [0.1, 0.15) is 15.9 Å². The number of hydrogen-bond donors (Lipinski definition) is 1. The van der Waals surface area contributed by atoms with Gasteiger partial charge in [-0.3, -0.25) is 9.69 Å². The van der Waals surface area contributed by atoms with E-state index in [0.717, 1.165) is 11.3 Å². The summed E-state index contributed by atoms with van der Waals surface area (Å²) in [6.45, 7) is 0. The lowest BCUT2D eigenvalue weighted by Crippen LogP contribution is -2.15. The summed E-state index contributed by atoms with van der Waals surface area (Å²) >= 11 is 5.82. The zero-order valence-electron chi connectivity index (χ0n) is 15.9. The molecule has 6 nitrogen and oxygen atoms in total. The van der Waals surface area contributed by atoms with Crippen LogP contribution in [-0.2, 0) is 5.88 Å². The van der Waals surface area contributed by atoms with Gasteiger partial charge in [0.2, 0.25) is 5.95 Å². The molecule has 0 fully saturated rings. The van der Waals surface area contributed by atoms with Gasteiger partial charge in [0, 0.05) is 35.7 Å². The average molecular weight is 416 g/mol. The predicted octanol–water partition coefficient (Wildman–Crippen LogP) is 5.33. The van der Waals surface area contributed by atoms with Crippen LogP contribution in [0.5, 0.6) is 0 Å². The van der Waals surface area contributed by atoms with Crippen molar-refractivity contribution in [2.75, 3.05) is 10.2 Å². The van der Waals surface area contributed by atoms with Crippen LogP contribution in [0, 0.1) is 0 Å². The normalized spacial score (nSPS) is 10.4. The molecule has 0 aliphatic rings. The van der Waals surface area contributed by atoms with Gasteiger partial charge in [-0.05, 0) is 54.1 Å². The van der Waals surface area contributed by atoms with Crippen LogP contribution in [0.3, 0.4) is 0 Å². The Morgan fingerprint density at radius 3 is 2.33 bits per heavy atom. The van der Waals surface area contributed by atoms with Crippen LogP contribution in [0.2, 0.25) is 0 Å². The highest BCUT2D eigenvalue weighted by molar-refractivity contribution is 6.17. The Morgan fingerprint density at radius 1 is 0.867 bits per heavy atom. The van der Waals surface area contributed by atoms with Gasteiger partial charge in [0.05, 0.1) is 5.69 Å². The summed E-state index contributed by atoms with van der Waals surface area (Å²) in [5.74, 6) is 1.36. The number of hydrogen-bond acceptors (Lipinski definition) is 5. The van der Waals surface area contributed by atoms with Crippen molar-refractivity contribution in [2.45, 2.75) is 5.88 Å². The zero-order valence-corrected chi connectivity index (χ0v) is 16.7. The van der Waals surface area contributed by atoms with Crippen LogP contribution in [-0.4, -0.2) is 20.9 Å². The van der Waals surface area contributed by atoms with E-state index in [-0.39, 0.29) is 5.91 Å². The van der Waals surface area contributed by atoms with E-state index in [1.807, 2.05) is 59.5 Å². The first kappa shape index (κ1) is 19.5. The number of nitrogens with zero attached hydrogens (tertiary/aromatic N) is 4. The van der Waals surface area contributed by atoms with Crippen LogP contribution in [0.15, 0.2) is 91.4 Å². The number of aromatic nitrogens is 3. The van der Waals surface area contributed by atoms with Gasteiger partial charge < -0.3 is 5.32 Å². The summed E-state index contributed by atoms with van der Waals surface area (Å²) in [5, 5.41) is 2.93. The summed E-state index contributed by atoms with van der Waals surface area (Å²) in [7, 11) is 0. The van der Waals surface area contributed by atoms with Crippen molar-refractivity contribution in [2.24, 2.45) is 0 Å². The van der Waals surface area contributed by atoms with Gasteiger partial charge in [-0.1, -0.05) is 24.3 Å². The number of amides is 1. The van der Waals surface area contributed by atoms with Crippen LogP contribution in [0.4, 0.5) is 23.1 Å². The van der Waals surface area contributed by atoms with E-state index < -0.39 is 0 Å². The fraction of sp³-hybridized carbons (Fsp3) is 0.0435. The fourth-order valence-corrected chi connectivity index (χ4v) is 3.09. The van der Waals surface area contributed by atoms with Crippen LogP contribution < -0.4 is 10.2 Å². The Bertz CT molecular complexity index is 1080. The fourth-order valence-electron chi connectivity index (χ4n) is 2.91. The molecule has 0 radical (unpaired) electrons. The number of halogens is 1. The molecule has 2 heterocycles. The number of alkyl halides is 1. The molecule has 30 heavy (non-hydrogen) atoms. The molecule has 7 heteroatoms. The second kappa shape index (κ2) is 9.15. The van der Waals surface area contributed by atoms with E-state index in [1.54, 1.807) is 36.8 Å². The van der Waals surface area contributed by atoms with Gasteiger partial charge in [-0.15, -0.1) is 11.6 Å². The number of carbonyl (C=O) groups excluding carboxylic acids is 1. The predicted molar refractivity (Wildman–Crippen MR) is 118 cm³/mol. The lowest BCUT2D eigenvalue weighted by Gasteiger charge is -2.22. The Morgan fingerprint density at radius 2 is 1.63 bits per heavy atom. The maximum absolute atomic E-state index is 12.6. The third kappa shape index (κ3) is 4.45. The first-order valence-corrected chi connectivity index (χ1v) is 9.82. The highest BCUT2D eigenvalue weighted by atomic mass is 35.5. The third-order valence-electron chi connectivity index (χ3n) is 4.36. The van der Waals surface area contributed by atoms with Crippen molar-refractivity contribution in [1.82, 2.24) is 15.0 Å². The summed E-state index contributed by atoms with van der Waals surface area (Å²) in [4.78, 5) is 27.6. The molecule has 0 aliphatic carbocycles. The molecule has 1 amide bonds. The molecule has 148 valence electrons. The van der Waals surface area contributed by atoms with E-state index in [4.69, 9.17) is 11.6 Å². The monoisotopic (exact) mass is 415 g/mol. The van der Waals surface area contributed by atoms with Crippen LogP contribution >= 0.6 is 11.6 Å². The lowest BCUT2D eigenvalue weighted by molar-refractivity contribution is 0.102. The maximum Gasteiger partial charge on any atom is 0.255 e. The summed E-state index contributed by atoms with van der Waals surface area (Å²) in [6, 6.07) is 22.0. The van der Waals surface area contributed by atoms with E-state index >= 15 is 0 Å². The minimum Gasteiger partial charge on any atom is -0.322 e. The third-order valence-corrected chi connectivity index (χ3v) is 4.67. The molecular formula is C23H18ClN5O. The molecule has 1 N–H and O–H groups in total. The molecule has 0 atom stereocenters. The SMILES string of the molecule is O=C(Nc1cccc(N(c2ccccn2)c2ncccn2)c1)c1ccc(CCl)cc1. The molecule has 4 aromatic rings.